The summed E-state index contributed by atoms with van der Waals surface area (Å²) in [5, 5.41) is 22.8. The van der Waals surface area contributed by atoms with Gasteiger partial charge in [-0.05, 0) is 175 Å². The highest BCUT2D eigenvalue weighted by Crippen LogP contribution is 2.68. The van der Waals surface area contributed by atoms with Crippen LogP contribution in [0.25, 0.3) is 0 Å². The lowest BCUT2D eigenvalue weighted by atomic mass is 9.43. The number of carbonyl (C=O) groups excluding carboxylic acids is 1. The fourth-order valence-corrected chi connectivity index (χ4v) is 10.9. The lowest BCUT2D eigenvalue weighted by Gasteiger charge is -2.62. The maximum absolute atomic E-state index is 12.6. The molecule has 0 aliphatic heterocycles. The molecule has 0 bridgehead atoms. The summed E-state index contributed by atoms with van der Waals surface area (Å²) >= 11 is 0. The van der Waals surface area contributed by atoms with Gasteiger partial charge in [0.05, 0.1) is 18.3 Å². The smallest absolute Gasteiger partial charge is 0.338 e. The third kappa shape index (κ3) is 8.19. The van der Waals surface area contributed by atoms with Crippen LogP contribution in [0.4, 0.5) is 0 Å². The Labute approximate surface area is 280 Å². The van der Waals surface area contributed by atoms with E-state index in [-0.39, 0.29) is 17.5 Å². The lowest BCUT2D eigenvalue weighted by molar-refractivity contribution is -0.167. The highest BCUT2D eigenvalue weighted by molar-refractivity contribution is 5.89. The van der Waals surface area contributed by atoms with Gasteiger partial charge in [0.15, 0.2) is 0 Å². The second-order valence-corrected chi connectivity index (χ2v) is 16.1. The van der Waals surface area contributed by atoms with Crippen LogP contribution in [-0.4, -0.2) is 69.1 Å². The summed E-state index contributed by atoms with van der Waals surface area (Å²) in [7, 11) is 0. The third-order valence-electron chi connectivity index (χ3n) is 13.4. The first kappa shape index (κ1) is 35.8. The zero-order valence-electron chi connectivity index (χ0n) is 29.3. The van der Waals surface area contributed by atoms with Gasteiger partial charge < -0.3 is 31.5 Å². The summed E-state index contributed by atoms with van der Waals surface area (Å²) in [4.78, 5) is 12.6. The van der Waals surface area contributed by atoms with Crippen LogP contribution in [0.2, 0.25) is 0 Å². The third-order valence-corrected chi connectivity index (χ3v) is 13.4. The van der Waals surface area contributed by atoms with Gasteiger partial charge in [-0.1, -0.05) is 39.0 Å². The van der Waals surface area contributed by atoms with Gasteiger partial charge in [-0.3, -0.25) is 0 Å². The van der Waals surface area contributed by atoms with E-state index >= 15 is 0 Å². The number of aliphatic hydroxyl groups excluding tert-OH is 1. The van der Waals surface area contributed by atoms with E-state index in [9.17, 15) is 9.90 Å². The molecular weight excluding hydrogens is 572 g/mol. The molecule has 4 aliphatic carbocycles. The molecule has 1 aromatic rings. The molecule has 1 aromatic carbocycles. The van der Waals surface area contributed by atoms with Gasteiger partial charge in [0.25, 0.3) is 0 Å². The van der Waals surface area contributed by atoms with Gasteiger partial charge in [-0.2, -0.15) is 0 Å². The second kappa shape index (κ2) is 16.7. The molecule has 260 valence electrons. The molecule has 46 heavy (non-hydrogen) atoms. The predicted octanol–water partition coefficient (Wildman–Crippen LogP) is 5.77. The summed E-state index contributed by atoms with van der Waals surface area (Å²) in [5.74, 6) is 2.89. The molecule has 0 spiro atoms. The van der Waals surface area contributed by atoms with Crippen LogP contribution >= 0.6 is 0 Å². The molecule has 0 saturated heterocycles. The fraction of sp³-hybridized carbons (Fsp3) is 0.821. The molecule has 4 fully saturated rings. The van der Waals surface area contributed by atoms with Crippen molar-refractivity contribution in [3.63, 3.8) is 0 Å². The predicted molar refractivity (Wildman–Crippen MR) is 188 cm³/mol. The van der Waals surface area contributed by atoms with E-state index in [0.717, 1.165) is 52.1 Å². The molecule has 10 atom stereocenters. The lowest BCUT2D eigenvalue weighted by Crippen LogP contribution is -2.59. The van der Waals surface area contributed by atoms with Gasteiger partial charge >= 0.3 is 5.97 Å². The van der Waals surface area contributed by atoms with Crippen molar-refractivity contribution < 1.29 is 14.6 Å². The maximum atomic E-state index is 12.6. The first-order valence-corrected chi connectivity index (χ1v) is 19.0. The van der Waals surface area contributed by atoms with Crippen molar-refractivity contribution in [2.24, 2.45) is 52.1 Å². The molecule has 7 nitrogen and oxygen atoms in total. The van der Waals surface area contributed by atoms with Crippen molar-refractivity contribution in [3.8, 4) is 0 Å². The zero-order valence-corrected chi connectivity index (χ0v) is 29.3. The normalized spacial score (nSPS) is 36.0. The van der Waals surface area contributed by atoms with Crippen LogP contribution in [0, 0.1) is 46.3 Å². The molecule has 5 rings (SSSR count). The summed E-state index contributed by atoms with van der Waals surface area (Å²) < 4.78 is 5.82. The molecule has 0 aromatic heterocycles. The summed E-state index contributed by atoms with van der Waals surface area (Å²) in [5.41, 5.74) is 6.74. The van der Waals surface area contributed by atoms with Crippen molar-refractivity contribution >= 4 is 5.97 Å². The van der Waals surface area contributed by atoms with Gasteiger partial charge in [0, 0.05) is 6.04 Å². The van der Waals surface area contributed by atoms with E-state index in [1.54, 1.807) is 0 Å². The number of hydrogen-bond acceptors (Lipinski definition) is 7. The largest absolute Gasteiger partial charge is 0.462 e. The van der Waals surface area contributed by atoms with Crippen LogP contribution in [0.5, 0.6) is 0 Å². The average molecular weight is 639 g/mol. The molecule has 4 unspecified atom stereocenters. The van der Waals surface area contributed by atoms with Crippen molar-refractivity contribution in [2.45, 2.75) is 110 Å². The minimum atomic E-state index is -0.215. The quantitative estimate of drug-likeness (QED) is 0.109. The first-order valence-electron chi connectivity index (χ1n) is 19.0. The van der Waals surface area contributed by atoms with Crippen LogP contribution in [0.1, 0.15) is 108 Å². The Hall–Kier alpha value is -1.51. The van der Waals surface area contributed by atoms with Gasteiger partial charge in [0.2, 0.25) is 0 Å². The average Bonchev–Trinajstić information content (AvgIpc) is 3.42. The molecular formula is C39H66N4O3. The van der Waals surface area contributed by atoms with Crippen LogP contribution in [-0.2, 0) is 4.74 Å². The second-order valence-electron chi connectivity index (χ2n) is 16.1. The van der Waals surface area contributed by atoms with E-state index in [1.807, 2.05) is 30.3 Å². The highest BCUT2D eigenvalue weighted by Gasteiger charge is 2.63. The van der Waals surface area contributed by atoms with E-state index in [4.69, 9.17) is 10.5 Å². The Morgan fingerprint density at radius 2 is 1.57 bits per heavy atom. The van der Waals surface area contributed by atoms with Crippen molar-refractivity contribution in [1.82, 2.24) is 16.0 Å². The molecule has 0 heterocycles. The molecule has 7 heteroatoms. The SMILES string of the molecule is C[C@@H](COC(=O)c1ccccc1)C1CCC2C3C(CC[C@@]21C)[C@@]1(C)CC[C@H](NCCCNCCCCNCCCN)C[C@@H]1C[C@@H]3O. The Morgan fingerprint density at radius 1 is 0.891 bits per heavy atom. The van der Waals surface area contributed by atoms with Crippen LogP contribution in [0.3, 0.4) is 0 Å². The number of hydrogen-bond donors (Lipinski definition) is 5. The van der Waals surface area contributed by atoms with Crippen molar-refractivity contribution in [1.29, 1.82) is 0 Å². The molecule has 4 aliphatic rings. The number of carbonyl (C=O) groups is 1. The number of esters is 1. The van der Waals surface area contributed by atoms with Crippen LogP contribution < -0.4 is 21.7 Å². The maximum Gasteiger partial charge on any atom is 0.338 e. The summed E-state index contributed by atoms with van der Waals surface area (Å²) in [6.07, 6.45) is 14.1. The number of nitrogens with one attached hydrogen (secondary N) is 3. The summed E-state index contributed by atoms with van der Waals surface area (Å²) in [6, 6.07) is 9.95. The summed E-state index contributed by atoms with van der Waals surface area (Å²) in [6.45, 7) is 14.0. The number of aliphatic hydroxyl groups is 1. The van der Waals surface area contributed by atoms with E-state index in [1.165, 1.54) is 64.2 Å². The number of fused-ring (bicyclic) bond motifs is 5. The molecule has 4 saturated carbocycles. The monoisotopic (exact) mass is 639 g/mol. The number of unbranched alkanes of at least 4 members (excludes halogenated alkanes) is 1. The number of ether oxygens (including phenoxy) is 1. The highest BCUT2D eigenvalue weighted by atomic mass is 16.5. The Kier molecular flexibility index (Phi) is 13.0. The minimum absolute atomic E-state index is 0.184. The Bertz CT molecular complexity index is 1070. The van der Waals surface area contributed by atoms with Crippen LogP contribution in [0.15, 0.2) is 30.3 Å². The Balaban J connectivity index is 1.05. The van der Waals surface area contributed by atoms with E-state index < -0.39 is 0 Å². The standard InChI is InChI=1S/C39H66N4O3/c1-28(27-46-37(45)29-11-5-4-6-12-29)32-13-14-33-36-34(16-18-39(32,33)3)38(2)17-15-31(25-30(38)26-35(36)44)43-24-10-23-42-21-8-7-20-41-22-9-19-40/h4-6,11-12,28,30-36,41-44H,7-10,13-27,40H2,1-3H3/t28-,30+,31-,32?,33?,34?,35-,36?,38-,39+/m0/s1. The minimum Gasteiger partial charge on any atom is -0.462 e. The Morgan fingerprint density at radius 3 is 2.30 bits per heavy atom. The zero-order chi connectivity index (χ0) is 32.6. The molecule has 6 N–H and O–H groups in total. The number of rotatable bonds is 17. The van der Waals surface area contributed by atoms with E-state index in [0.29, 0.717) is 59.1 Å². The first-order chi connectivity index (χ1) is 22.3. The molecule has 0 amide bonds. The van der Waals surface area contributed by atoms with E-state index in [2.05, 4.69) is 36.7 Å². The van der Waals surface area contributed by atoms with Crippen molar-refractivity contribution in [3.05, 3.63) is 35.9 Å². The number of nitrogens with two attached hydrogens (primary N) is 1. The van der Waals surface area contributed by atoms with Gasteiger partial charge in [0.1, 0.15) is 0 Å². The topological polar surface area (TPSA) is 109 Å². The molecule has 0 radical (unpaired) electrons. The fourth-order valence-electron chi connectivity index (χ4n) is 10.9. The van der Waals surface area contributed by atoms with Crippen molar-refractivity contribution in [2.75, 3.05) is 45.9 Å². The van der Waals surface area contributed by atoms with Gasteiger partial charge in [-0.25, -0.2) is 4.79 Å². The van der Waals surface area contributed by atoms with Gasteiger partial charge in [-0.15, -0.1) is 0 Å². The number of benzene rings is 1.